The SMILES string of the molecule is C[C@H](NC(=O)C1=NNC(=O)CC1)C12CC3CC(CC(C3)C1)C2. The number of nitrogens with one attached hydrogen (secondary N) is 2. The molecule has 0 unspecified atom stereocenters. The number of amides is 2. The molecular formula is C17H25N3O2. The molecule has 4 bridgehead atoms. The molecule has 1 heterocycles. The molecule has 5 heteroatoms. The second kappa shape index (κ2) is 5.07. The highest BCUT2D eigenvalue weighted by Gasteiger charge is 2.53. The van der Waals surface area contributed by atoms with E-state index >= 15 is 0 Å². The lowest BCUT2D eigenvalue weighted by Crippen LogP contribution is -2.56. The number of rotatable bonds is 3. The van der Waals surface area contributed by atoms with E-state index in [1.165, 1.54) is 38.5 Å². The van der Waals surface area contributed by atoms with Crippen LogP contribution in [0.1, 0.15) is 58.3 Å². The monoisotopic (exact) mass is 303 g/mol. The molecule has 22 heavy (non-hydrogen) atoms. The molecule has 5 nitrogen and oxygen atoms in total. The average molecular weight is 303 g/mol. The lowest BCUT2D eigenvalue weighted by Gasteiger charge is -2.59. The summed E-state index contributed by atoms with van der Waals surface area (Å²) in [6.07, 6.45) is 8.90. The van der Waals surface area contributed by atoms with Gasteiger partial charge in [0.15, 0.2) is 0 Å². The Morgan fingerprint density at radius 2 is 1.77 bits per heavy atom. The van der Waals surface area contributed by atoms with Crippen LogP contribution in [0, 0.1) is 23.2 Å². The minimum Gasteiger partial charge on any atom is -0.348 e. The van der Waals surface area contributed by atoms with Crippen molar-refractivity contribution in [2.75, 3.05) is 0 Å². The first-order valence-corrected chi connectivity index (χ1v) is 8.70. The molecule has 4 aliphatic carbocycles. The van der Waals surface area contributed by atoms with Crippen molar-refractivity contribution >= 4 is 17.5 Å². The average Bonchev–Trinajstić information content (AvgIpc) is 2.46. The summed E-state index contributed by atoms with van der Waals surface area (Å²) in [6, 6.07) is 0.203. The number of hydrazone groups is 1. The van der Waals surface area contributed by atoms with Crippen molar-refractivity contribution < 1.29 is 9.59 Å². The van der Waals surface area contributed by atoms with Gasteiger partial charge in [0.1, 0.15) is 5.71 Å². The number of hydrogen-bond donors (Lipinski definition) is 2. The maximum absolute atomic E-state index is 12.4. The van der Waals surface area contributed by atoms with E-state index in [1.54, 1.807) is 0 Å². The van der Waals surface area contributed by atoms with Crippen LogP contribution in [0.4, 0.5) is 0 Å². The quantitative estimate of drug-likeness (QED) is 0.837. The summed E-state index contributed by atoms with van der Waals surface area (Å²) in [7, 11) is 0. The number of hydrogen-bond acceptors (Lipinski definition) is 3. The fourth-order valence-corrected chi connectivity index (χ4v) is 5.78. The molecule has 0 aromatic heterocycles. The molecule has 2 N–H and O–H groups in total. The van der Waals surface area contributed by atoms with E-state index in [4.69, 9.17) is 0 Å². The van der Waals surface area contributed by atoms with Crippen LogP contribution in [0.3, 0.4) is 0 Å². The van der Waals surface area contributed by atoms with Crippen LogP contribution in [0.25, 0.3) is 0 Å². The second-order valence-electron chi connectivity index (χ2n) is 8.07. The van der Waals surface area contributed by atoms with Gasteiger partial charge in [-0.05, 0) is 68.6 Å². The van der Waals surface area contributed by atoms with Gasteiger partial charge in [0, 0.05) is 18.9 Å². The van der Waals surface area contributed by atoms with Crippen molar-refractivity contribution in [1.29, 1.82) is 0 Å². The minimum atomic E-state index is -0.106. The molecule has 4 saturated carbocycles. The molecule has 2 amide bonds. The lowest BCUT2D eigenvalue weighted by molar-refractivity contribution is -0.121. The highest BCUT2D eigenvalue weighted by molar-refractivity contribution is 6.39. The lowest BCUT2D eigenvalue weighted by atomic mass is 9.48. The minimum absolute atomic E-state index is 0.0942. The Hall–Kier alpha value is -1.39. The summed E-state index contributed by atoms with van der Waals surface area (Å²) in [5.41, 5.74) is 3.19. The third-order valence-corrected chi connectivity index (χ3v) is 6.52. The molecule has 1 aliphatic heterocycles. The molecule has 0 spiro atoms. The summed E-state index contributed by atoms with van der Waals surface area (Å²) >= 11 is 0. The molecule has 0 aromatic rings. The van der Waals surface area contributed by atoms with Crippen molar-refractivity contribution in [3.63, 3.8) is 0 Å². The van der Waals surface area contributed by atoms with Crippen LogP contribution in [0.2, 0.25) is 0 Å². The van der Waals surface area contributed by atoms with E-state index in [1.807, 2.05) is 0 Å². The van der Waals surface area contributed by atoms with E-state index < -0.39 is 0 Å². The molecule has 0 aromatic carbocycles. The van der Waals surface area contributed by atoms with Gasteiger partial charge in [-0.2, -0.15) is 5.10 Å². The van der Waals surface area contributed by atoms with Gasteiger partial charge < -0.3 is 5.32 Å². The molecule has 0 radical (unpaired) electrons. The van der Waals surface area contributed by atoms with Gasteiger partial charge in [0.25, 0.3) is 5.91 Å². The highest BCUT2D eigenvalue weighted by atomic mass is 16.2. The zero-order valence-corrected chi connectivity index (χ0v) is 13.2. The molecule has 5 aliphatic rings. The maximum Gasteiger partial charge on any atom is 0.267 e. The summed E-state index contributed by atoms with van der Waals surface area (Å²) < 4.78 is 0. The standard InChI is InChI=1S/C17H25N3O2/c1-10(18-16(22)14-2-3-15(21)20-19-14)17-7-11-4-12(8-17)6-13(5-11)9-17/h10-13H,2-9H2,1H3,(H,18,22)(H,20,21)/t10-,11?,12?,13?,17?/m0/s1. The Labute approximate surface area is 131 Å². The van der Waals surface area contributed by atoms with Crippen LogP contribution in [0.15, 0.2) is 5.10 Å². The van der Waals surface area contributed by atoms with Gasteiger partial charge in [-0.15, -0.1) is 0 Å². The Kier molecular flexibility index (Phi) is 3.27. The van der Waals surface area contributed by atoms with Crippen LogP contribution in [-0.2, 0) is 9.59 Å². The Morgan fingerprint density at radius 3 is 2.27 bits per heavy atom. The first kappa shape index (κ1) is 14.2. The maximum atomic E-state index is 12.4. The molecule has 0 saturated heterocycles. The van der Waals surface area contributed by atoms with Crippen molar-refractivity contribution in [1.82, 2.24) is 10.7 Å². The topological polar surface area (TPSA) is 70.6 Å². The molecule has 5 rings (SSSR count). The first-order valence-electron chi connectivity index (χ1n) is 8.70. The van der Waals surface area contributed by atoms with Crippen molar-refractivity contribution in [3.05, 3.63) is 0 Å². The summed E-state index contributed by atoms with van der Waals surface area (Å²) in [5, 5.41) is 7.12. The third kappa shape index (κ3) is 2.34. The van der Waals surface area contributed by atoms with Crippen molar-refractivity contribution in [2.24, 2.45) is 28.3 Å². The van der Waals surface area contributed by atoms with E-state index in [2.05, 4.69) is 22.8 Å². The van der Waals surface area contributed by atoms with Crippen LogP contribution >= 0.6 is 0 Å². The van der Waals surface area contributed by atoms with Gasteiger partial charge in [0.2, 0.25) is 5.91 Å². The zero-order chi connectivity index (χ0) is 15.3. The normalized spacial score (nSPS) is 40.9. The van der Waals surface area contributed by atoms with Crippen LogP contribution in [-0.4, -0.2) is 23.6 Å². The summed E-state index contributed by atoms with van der Waals surface area (Å²) in [4.78, 5) is 23.5. The first-order chi connectivity index (χ1) is 10.5. The zero-order valence-electron chi connectivity index (χ0n) is 13.2. The Morgan fingerprint density at radius 1 is 1.18 bits per heavy atom. The second-order valence-corrected chi connectivity index (χ2v) is 8.07. The van der Waals surface area contributed by atoms with Gasteiger partial charge in [-0.1, -0.05) is 0 Å². The molecule has 1 atom stereocenters. The number of carbonyl (C=O) groups is 2. The predicted molar refractivity (Wildman–Crippen MR) is 83.0 cm³/mol. The van der Waals surface area contributed by atoms with Gasteiger partial charge in [-0.25, -0.2) is 5.43 Å². The molecule has 120 valence electrons. The highest BCUT2D eigenvalue weighted by Crippen LogP contribution is 2.61. The third-order valence-electron chi connectivity index (χ3n) is 6.52. The van der Waals surface area contributed by atoms with Crippen molar-refractivity contribution in [2.45, 2.75) is 64.3 Å². The van der Waals surface area contributed by atoms with Gasteiger partial charge in [-0.3, -0.25) is 9.59 Å². The number of nitrogens with zero attached hydrogens (tertiary/aromatic N) is 1. The van der Waals surface area contributed by atoms with Crippen molar-refractivity contribution in [3.8, 4) is 0 Å². The summed E-state index contributed by atoms with van der Waals surface area (Å²) in [6.45, 7) is 2.17. The van der Waals surface area contributed by atoms with E-state index in [0.717, 1.165) is 17.8 Å². The van der Waals surface area contributed by atoms with E-state index in [9.17, 15) is 9.59 Å². The van der Waals surface area contributed by atoms with Gasteiger partial charge in [0.05, 0.1) is 0 Å². The molecule has 4 fully saturated rings. The van der Waals surface area contributed by atoms with E-state index in [-0.39, 0.29) is 17.9 Å². The van der Waals surface area contributed by atoms with Gasteiger partial charge >= 0.3 is 0 Å². The van der Waals surface area contributed by atoms with E-state index in [0.29, 0.717) is 24.0 Å². The summed E-state index contributed by atoms with van der Waals surface area (Å²) in [5.74, 6) is 2.46. The fraction of sp³-hybridized carbons (Fsp3) is 0.824. The number of carbonyl (C=O) groups excluding carboxylic acids is 2. The fourth-order valence-electron chi connectivity index (χ4n) is 5.78. The molecular weight excluding hydrogens is 278 g/mol. The Bertz CT molecular complexity index is 505. The van der Waals surface area contributed by atoms with Crippen LogP contribution < -0.4 is 10.7 Å². The van der Waals surface area contributed by atoms with Crippen LogP contribution in [0.5, 0.6) is 0 Å². The smallest absolute Gasteiger partial charge is 0.267 e. The predicted octanol–water partition coefficient (Wildman–Crippen LogP) is 1.97. The largest absolute Gasteiger partial charge is 0.348 e. The Balaban J connectivity index is 1.45.